The smallest absolute Gasteiger partial charge is 0.209 e. The number of hydrogen-bond acceptors (Lipinski definition) is 4. The molecule has 1 saturated heterocycles. The summed E-state index contributed by atoms with van der Waals surface area (Å²) in [6.45, 7) is 13.8. The lowest BCUT2D eigenvalue weighted by molar-refractivity contribution is -0.491. The van der Waals surface area contributed by atoms with Gasteiger partial charge in [-0.05, 0) is 61.5 Å². The van der Waals surface area contributed by atoms with Gasteiger partial charge in [-0.2, -0.15) is 0 Å². The van der Waals surface area contributed by atoms with Crippen LogP contribution in [0.4, 0.5) is 0 Å². The van der Waals surface area contributed by atoms with Gasteiger partial charge in [-0.1, -0.05) is 86.4 Å². The molecule has 216 valence electrons. The van der Waals surface area contributed by atoms with Crippen molar-refractivity contribution in [3.8, 4) is 0 Å². The van der Waals surface area contributed by atoms with Crippen molar-refractivity contribution in [2.45, 2.75) is 108 Å². The number of fused-ring (bicyclic) bond motifs is 4. The summed E-state index contributed by atoms with van der Waals surface area (Å²) < 4.78 is 12.7. The minimum atomic E-state index is -1.14. The first-order valence-electron chi connectivity index (χ1n) is 15.6. The molecule has 4 aliphatic carbocycles. The fourth-order valence-corrected chi connectivity index (χ4v) is 9.18. The number of rotatable bonds is 5. The molecule has 0 bridgehead atoms. The van der Waals surface area contributed by atoms with Crippen LogP contribution < -0.4 is 5.11 Å². The van der Waals surface area contributed by atoms with Gasteiger partial charge in [-0.3, -0.25) is 0 Å². The summed E-state index contributed by atoms with van der Waals surface area (Å²) in [7, 11) is 0. The molecule has 3 saturated carbocycles. The Morgan fingerprint density at radius 2 is 1.80 bits per heavy atom. The zero-order chi connectivity index (χ0) is 28.4. The van der Waals surface area contributed by atoms with E-state index >= 15 is 0 Å². The van der Waals surface area contributed by atoms with Gasteiger partial charge < -0.3 is 19.7 Å². The number of hydrogen-bond donors (Lipinski definition) is 1. The Morgan fingerprint density at radius 3 is 2.48 bits per heavy atom. The van der Waals surface area contributed by atoms with E-state index in [-0.39, 0.29) is 16.7 Å². The Labute approximate surface area is 241 Å². The van der Waals surface area contributed by atoms with Crippen molar-refractivity contribution in [3.05, 3.63) is 71.7 Å². The van der Waals surface area contributed by atoms with Gasteiger partial charge in [-0.25, -0.2) is 0 Å². The van der Waals surface area contributed by atoms with Gasteiger partial charge in [0.05, 0.1) is 20.1 Å². The molecule has 1 spiro atoms. The van der Waals surface area contributed by atoms with Crippen molar-refractivity contribution in [2.75, 3.05) is 13.2 Å². The van der Waals surface area contributed by atoms with Crippen LogP contribution in [0.1, 0.15) is 103 Å². The maximum atomic E-state index is 14.8. The van der Waals surface area contributed by atoms with E-state index in [1.165, 1.54) is 16.7 Å². The molecule has 0 radical (unpaired) electrons. The topological polar surface area (TPSA) is 61.8 Å². The highest BCUT2D eigenvalue weighted by Gasteiger charge is 2.67. The van der Waals surface area contributed by atoms with Crippen LogP contribution in [-0.4, -0.2) is 35.3 Å². The highest BCUT2D eigenvalue weighted by atomic mass is 16.7. The molecular weight excluding hydrogens is 496 g/mol. The monoisotopic (exact) mass is 544 g/mol. The third kappa shape index (κ3) is 4.45. The number of ether oxygens (including phenoxy) is 2. The second-order valence-corrected chi connectivity index (χ2v) is 14.5. The standard InChI is InChI=1S/C36H48O4/c1-6-8-9-10-25-11-13-26(14-12-25)28-21-33(5)29(16-19-35(33,38)7-2)27-15-18-34(37)22-36(20-17-30(34)31(27)28)39-23-32(3,4)24-40-36/h6-7,9-14,27-29,38H,1,8,15-24H2,2-5H3/b10-9+. The summed E-state index contributed by atoms with van der Waals surface area (Å²) in [6, 6.07) is 8.92. The van der Waals surface area contributed by atoms with E-state index in [1.807, 2.05) is 13.0 Å². The van der Waals surface area contributed by atoms with Crippen LogP contribution in [0.15, 0.2) is 54.1 Å². The molecule has 4 heteroatoms. The van der Waals surface area contributed by atoms with E-state index in [2.05, 4.69) is 70.2 Å². The van der Waals surface area contributed by atoms with E-state index in [0.29, 0.717) is 37.9 Å². The summed E-state index contributed by atoms with van der Waals surface area (Å²) in [5.74, 6) is 0.156. The van der Waals surface area contributed by atoms with Gasteiger partial charge in [0.15, 0.2) is 5.79 Å². The largest absolute Gasteiger partial charge is 0.846 e. The van der Waals surface area contributed by atoms with Crippen LogP contribution in [0, 0.1) is 29.1 Å². The number of allylic oxidation sites excluding steroid dienone is 3. The Morgan fingerprint density at radius 1 is 1.07 bits per heavy atom. The average molecular weight is 545 g/mol. The second kappa shape index (κ2) is 9.87. The van der Waals surface area contributed by atoms with Crippen molar-refractivity contribution < 1.29 is 19.7 Å². The molecule has 4 fully saturated rings. The van der Waals surface area contributed by atoms with E-state index < -0.39 is 17.0 Å². The molecule has 4 nitrogen and oxygen atoms in total. The normalized spacial score (nSPS) is 40.0. The third-order valence-corrected chi connectivity index (χ3v) is 11.5. The molecule has 6 unspecified atom stereocenters. The van der Waals surface area contributed by atoms with Gasteiger partial charge in [0.2, 0.25) is 5.60 Å². The van der Waals surface area contributed by atoms with Crippen LogP contribution in [0.5, 0.6) is 0 Å². The molecule has 40 heavy (non-hydrogen) atoms. The quantitative estimate of drug-likeness (QED) is 0.324. The Balaban J connectivity index is 1.40. The average Bonchev–Trinajstić information content (AvgIpc) is 3.21. The maximum Gasteiger partial charge on any atom is 0.209 e. The lowest BCUT2D eigenvalue weighted by atomic mass is 9.49. The van der Waals surface area contributed by atoms with Crippen molar-refractivity contribution in [1.29, 1.82) is 0 Å². The third-order valence-electron chi connectivity index (χ3n) is 11.5. The van der Waals surface area contributed by atoms with Gasteiger partial charge >= 0.3 is 0 Å². The zero-order valence-electron chi connectivity index (χ0n) is 25.0. The first-order valence-corrected chi connectivity index (χ1v) is 15.6. The number of aliphatic hydroxyl groups is 1. The Kier molecular flexibility index (Phi) is 6.97. The lowest BCUT2D eigenvalue weighted by Gasteiger charge is -2.62. The van der Waals surface area contributed by atoms with Crippen molar-refractivity contribution in [2.24, 2.45) is 22.7 Å². The predicted molar refractivity (Wildman–Crippen MR) is 158 cm³/mol. The molecule has 0 amide bonds. The molecule has 6 rings (SSSR count). The molecule has 1 aromatic rings. The van der Waals surface area contributed by atoms with Crippen LogP contribution in [-0.2, 0) is 9.47 Å². The van der Waals surface area contributed by atoms with Gasteiger partial charge in [-0.15, -0.1) is 6.58 Å². The van der Waals surface area contributed by atoms with E-state index in [9.17, 15) is 10.2 Å². The molecule has 5 aliphatic rings. The highest BCUT2D eigenvalue weighted by Crippen LogP contribution is 2.68. The van der Waals surface area contributed by atoms with E-state index in [4.69, 9.17) is 9.47 Å². The van der Waals surface area contributed by atoms with Crippen molar-refractivity contribution in [1.82, 2.24) is 0 Å². The number of benzene rings is 1. The summed E-state index contributed by atoms with van der Waals surface area (Å²) in [6.07, 6.45) is 15.2. The zero-order valence-corrected chi connectivity index (χ0v) is 25.0. The Bertz CT molecular complexity index is 1180. The van der Waals surface area contributed by atoms with E-state index in [0.717, 1.165) is 50.5 Å². The van der Waals surface area contributed by atoms with Gasteiger partial charge in [0.1, 0.15) is 6.42 Å². The van der Waals surface area contributed by atoms with E-state index in [1.54, 1.807) is 0 Å². The fraction of sp³-hybridized carbons (Fsp3) is 0.639. The SMILES string of the molecule is C=CC/C=C/c1ccc(C2CC3(C)C(CCC3(O)[CH+]C)C3CCC4([O-])CC5(CCC4=C23)OCC(C)(C)CO5)cc1. The first-order chi connectivity index (χ1) is 19.0. The van der Waals surface area contributed by atoms with Crippen molar-refractivity contribution in [3.63, 3.8) is 0 Å². The maximum absolute atomic E-state index is 14.8. The molecule has 1 N–H and O–H groups in total. The first kappa shape index (κ1) is 28.3. The molecule has 1 aliphatic heterocycles. The van der Waals surface area contributed by atoms with Gasteiger partial charge in [0, 0.05) is 29.6 Å². The summed E-state index contributed by atoms with van der Waals surface area (Å²) in [5, 5.41) is 26.7. The van der Waals surface area contributed by atoms with Crippen molar-refractivity contribution >= 4 is 6.08 Å². The fourth-order valence-electron chi connectivity index (χ4n) is 9.18. The summed E-state index contributed by atoms with van der Waals surface area (Å²) >= 11 is 0. The molecule has 0 aromatic heterocycles. The van der Waals surface area contributed by atoms with Gasteiger partial charge in [0.25, 0.3) is 0 Å². The summed E-state index contributed by atoms with van der Waals surface area (Å²) in [4.78, 5) is 0. The van der Waals surface area contributed by atoms with Crippen LogP contribution in [0.3, 0.4) is 0 Å². The second-order valence-electron chi connectivity index (χ2n) is 14.5. The predicted octanol–water partition coefficient (Wildman–Crippen LogP) is 6.89. The summed E-state index contributed by atoms with van der Waals surface area (Å²) in [5.41, 5.74) is 2.87. The lowest BCUT2D eigenvalue weighted by Crippen LogP contribution is -2.62. The highest BCUT2D eigenvalue weighted by molar-refractivity contribution is 5.52. The van der Waals surface area contributed by atoms with Crippen LogP contribution >= 0.6 is 0 Å². The molecule has 1 heterocycles. The van der Waals surface area contributed by atoms with Crippen LogP contribution in [0.2, 0.25) is 0 Å². The molecule has 1 aromatic carbocycles. The minimum Gasteiger partial charge on any atom is -0.846 e. The minimum absolute atomic E-state index is 0.0147. The molecule has 6 atom stereocenters. The van der Waals surface area contributed by atoms with Crippen LogP contribution in [0.25, 0.3) is 6.08 Å². The Hall–Kier alpha value is -1.85. The molecular formula is C36H48O4.